The number of nitrogens with zero attached hydrogens (tertiary/aromatic N) is 4. The number of anilines is 1. The van der Waals surface area contributed by atoms with Crippen LogP contribution in [0, 0.1) is 0 Å². The summed E-state index contributed by atoms with van der Waals surface area (Å²) >= 11 is 0. The zero-order valence-corrected chi connectivity index (χ0v) is 14.4. The topological polar surface area (TPSA) is 79.4 Å². The third-order valence-corrected chi connectivity index (χ3v) is 3.74. The maximum Gasteiger partial charge on any atom is 0.188 e. The van der Waals surface area contributed by atoms with Crippen molar-refractivity contribution in [2.45, 2.75) is 26.8 Å². The normalized spacial score (nSPS) is 11.3. The monoisotopic (exact) mass is 326 g/mol. The Balaban J connectivity index is 1.79. The summed E-state index contributed by atoms with van der Waals surface area (Å²) in [6.07, 6.45) is 4.47. The van der Waals surface area contributed by atoms with Crippen molar-refractivity contribution in [1.82, 2.24) is 15.3 Å². The lowest BCUT2D eigenvalue weighted by Crippen LogP contribution is -2.33. The molecule has 0 radical (unpaired) electrons. The zero-order valence-electron chi connectivity index (χ0n) is 14.4. The van der Waals surface area contributed by atoms with Crippen LogP contribution in [-0.2, 0) is 13.0 Å². The average molecular weight is 326 g/mol. The van der Waals surface area contributed by atoms with E-state index < -0.39 is 0 Å². The van der Waals surface area contributed by atoms with Crippen molar-refractivity contribution in [3.05, 3.63) is 54.0 Å². The fourth-order valence-corrected chi connectivity index (χ4v) is 2.34. The van der Waals surface area contributed by atoms with Crippen LogP contribution in [0.4, 0.5) is 5.82 Å². The Labute approximate surface area is 143 Å². The van der Waals surface area contributed by atoms with Gasteiger partial charge in [-0.2, -0.15) is 0 Å². The van der Waals surface area contributed by atoms with Crippen LogP contribution in [0.5, 0.6) is 0 Å². The Hall–Kier alpha value is -2.63. The summed E-state index contributed by atoms with van der Waals surface area (Å²) in [6, 6.07) is 9.97. The second-order valence-electron chi connectivity index (χ2n) is 5.40. The Morgan fingerprint density at radius 3 is 2.62 bits per heavy atom. The van der Waals surface area contributed by atoms with E-state index in [2.05, 4.69) is 39.0 Å². The first-order valence-electron chi connectivity index (χ1n) is 8.36. The largest absolute Gasteiger partial charge is 0.370 e. The lowest BCUT2D eigenvalue weighted by molar-refractivity contribution is 0.826. The first kappa shape index (κ1) is 17.7. The Morgan fingerprint density at radius 1 is 1.17 bits per heavy atom. The van der Waals surface area contributed by atoms with Gasteiger partial charge in [-0.25, -0.2) is 9.98 Å². The first-order chi connectivity index (χ1) is 11.7. The van der Waals surface area contributed by atoms with Gasteiger partial charge in [-0.3, -0.25) is 4.98 Å². The van der Waals surface area contributed by atoms with E-state index in [-0.39, 0.29) is 0 Å². The molecule has 6 heteroatoms. The highest BCUT2D eigenvalue weighted by molar-refractivity contribution is 5.77. The van der Waals surface area contributed by atoms with E-state index in [4.69, 9.17) is 5.73 Å². The maximum absolute atomic E-state index is 5.90. The number of hydrogen-bond acceptors (Lipinski definition) is 4. The summed E-state index contributed by atoms with van der Waals surface area (Å²) in [5.41, 5.74) is 7.97. The molecule has 0 amide bonds. The molecular formula is C18H26N6. The molecule has 0 aliphatic rings. The number of pyridine rings is 2. The third-order valence-electron chi connectivity index (χ3n) is 3.74. The highest BCUT2D eigenvalue weighted by Crippen LogP contribution is 2.11. The van der Waals surface area contributed by atoms with Gasteiger partial charge in [0.05, 0.1) is 6.54 Å². The number of rotatable bonds is 8. The predicted molar refractivity (Wildman–Crippen MR) is 99.1 cm³/mol. The van der Waals surface area contributed by atoms with Crippen LogP contribution in [0.3, 0.4) is 0 Å². The molecule has 0 atom stereocenters. The summed E-state index contributed by atoms with van der Waals surface area (Å²) in [6.45, 7) is 7.39. The van der Waals surface area contributed by atoms with Crippen molar-refractivity contribution in [2.75, 3.05) is 24.5 Å². The van der Waals surface area contributed by atoms with Crippen molar-refractivity contribution in [1.29, 1.82) is 0 Å². The molecule has 0 bridgehead atoms. The number of nitrogens with two attached hydrogens (primary N) is 1. The number of hydrogen-bond donors (Lipinski definition) is 2. The minimum Gasteiger partial charge on any atom is -0.370 e. The van der Waals surface area contributed by atoms with E-state index in [9.17, 15) is 0 Å². The molecule has 0 spiro atoms. The maximum atomic E-state index is 5.90. The van der Waals surface area contributed by atoms with Crippen molar-refractivity contribution < 1.29 is 0 Å². The standard InChI is InChI=1S/C18H26N6/c1-3-24(4-2)17-9-8-15(13-22-17)14-23-18(19)21-12-10-16-7-5-6-11-20-16/h5-9,11,13H,3-4,10,12,14H2,1-2H3,(H3,19,21,23). The Morgan fingerprint density at radius 2 is 2.00 bits per heavy atom. The van der Waals surface area contributed by atoms with Gasteiger partial charge in [0, 0.05) is 44.1 Å². The van der Waals surface area contributed by atoms with Crippen LogP contribution >= 0.6 is 0 Å². The summed E-state index contributed by atoms with van der Waals surface area (Å²) in [7, 11) is 0. The molecule has 0 aliphatic carbocycles. The van der Waals surface area contributed by atoms with Crippen LogP contribution in [0.25, 0.3) is 0 Å². The van der Waals surface area contributed by atoms with Gasteiger partial charge < -0.3 is 16.0 Å². The molecule has 0 aromatic carbocycles. The van der Waals surface area contributed by atoms with E-state index in [1.165, 1.54) is 0 Å². The smallest absolute Gasteiger partial charge is 0.188 e. The summed E-state index contributed by atoms with van der Waals surface area (Å²) in [4.78, 5) is 15.3. The van der Waals surface area contributed by atoms with E-state index in [0.29, 0.717) is 19.0 Å². The number of guanidine groups is 1. The third kappa shape index (κ3) is 5.53. The van der Waals surface area contributed by atoms with Crippen molar-refractivity contribution in [2.24, 2.45) is 10.7 Å². The summed E-state index contributed by atoms with van der Waals surface area (Å²) in [5, 5.41) is 3.11. The second-order valence-corrected chi connectivity index (χ2v) is 5.40. The molecule has 0 unspecified atom stereocenters. The van der Waals surface area contributed by atoms with E-state index >= 15 is 0 Å². The number of aromatic nitrogens is 2. The highest BCUT2D eigenvalue weighted by Gasteiger charge is 2.02. The molecule has 0 fully saturated rings. The molecule has 6 nitrogen and oxygen atoms in total. The van der Waals surface area contributed by atoms with E-state index in [1.807, 2.05) is 36.5 Å². The van der Waals surface area contributed by atoms with E-state index in [0.717, 1.165) is 36.6 Å². The molecule has 2 aromatic rings. The van der Waals surface area contributed by atoms with Gasteiger partial charge in [0.25, 0.3) is 0 Å². The van der Waals surface area contributed by atoms with E-state index in [1.54, 1.807) is 6.20 Å². The van der Waals surface area contributed by atoms with Gasteiger partial charge in [-0.05, 0) is 37.6 Å². The minimum absolute atomic E-state index is 0.443. The SMILES string of the molecule is CCN(CC)c1ccc(CN=C(N)NCCc2ccccn2)cn1. The van der Waals surface area contributed by atoms with Crippen molar-refractivity contribution in [3.8, 4) is 0 Å². The number of nitrogens with one attached hydrogen (secondary N) is 1. The number of aliphatic imine (C=N–C) groups is 1. The van der Waals surface area contributed by atoms with Gasteiger partial charge in [0.1, 0.15) is 5.82 Å². The van der Waals surface area contributed by atoms with Crippen LogP contribution < -0.4 is 16.0 Å². The molecule has 2 heterocycles. The minimum atomic E-state index is 0.443. The van der Waals surface area contributed by atoms with Crippen LogP contribution in [0.1, 0.15) is 25.1 Å². The lowest BCUT2D eigenvalue weighted by atomic mass is 10.2. The highest BCUT2D eigenvalue weighted by atomic mass is 15.2. The summed E-state index contributed by atoms with van der Waals surface area (Å²) < 4.78 is 0. The lowest BCUT2D eigenvalue weighted by Gasteiger charge is -2.19. The zero-order chi connectivity index (χ0) is 17.2. The van der Waals surface area contributed by atoms with Gasteiger partial charge in [-0.1, -0.05) is 12.1 Å². The molecule has 128 valence electrons. The van der Waals surface area contributed by atoms with Crippen molar-refractivity contribution in [3.63, 3.8) is 0 Å². The molecule has 2 rings (SSSR count). The second kappa shape index (κ2) is 9.50. The molecule has 0 saturated heterocycles. The van der Waals surface area contributed by atoms with Gasteiger partial charge >= 0.3 is 0 Å². The summed E-state index contributed by atoms with van der Waals surface area (Å²) in [5.74, 6) is 1.44. The van der Waals surface area contributed by atoms with Gasteiger partial charge in [-0.15, -0.1) is 0 Å². The predicted octanol–water partition coefficient (Wildman–Crippen LogP) is 1.97. The quantitative estimate of drug-likeness (QED) is 0.573. The van der Waals surface area contributed by atoms with Gasteiger partial charge in [0.15, 0.2) is 5.96 Å². The van der Waals surface area contributed by atoms with Crippen LogP contribution in [-0.4, -0.2) is 35.6 Å². The molecular weight excluding hydrogens is 300 g/mol. The fraction of sp³-hybridized carbons (Fsp3) is 0.389. The van der Waals surface area contributed by atoms with Crippen LogP contribution in [0.2, 0.25) is 0 Å². The van der Waals surface area contributed by atoms with Crippen molar-refractivity contribution >= 4 is 11.8 Å². The molecule has 0 aliphatic heterocycles. The molecule has 0 saturated carbocycles. The molecule has 2 aromatic heterocycles. The van der Waals surface area contributed by atoms with Gasteiger partial charge in [0.2, 0.25) is 0 Å². The average Bonchev–Trinajstić information content (AvgIpc) is 2.63. The Bertz CT molecular complexity index is 620. The fourth-order valence-electron chi connectivity index (χ4n) is 2.34. The molecule has 24 heavy (non-hydrogen) atoms. The first-order valence-corrected chi connectivity index (χ1v) is 8.36. The molecule has 3 N–H and O–H groups in total. The Kier molecular flexibility index (Phi) is 7.01. The van der Waals surface area contributed by atoms with Crippen LogP contribution in [0.15, 0.2) is 47.7 Å².